The first-order valence-corrected chi connectivity index (χ1v) is 16.8. The van der Waals surface area contributed by atoms with Crippen molar-refractivity contribution in [1.29, 1.82) is 0 Å². The maximum absolute atomic E-state index is 13.6. The largest absolute Gasteiger partial charge is 0.390 e. The van der Waals surface area contributed by atoms with Crippen molar-refractivity contribution in [3.63, 3.8) is 0 Å². The highest BCUT2D eigenvalue weighted by atomic mass is 32.2. The first kappa shape index (κ1) is 33.6. The maximum Gasteiger partial charge on any atom is 0.270 e. The van der Waals surface area contributed by atoms with Gasteiger partial charge in [0.25, 0.3) is 5.91 Å². The maximum atomic E-state index is 13.6. The van der Waals surface area contributed by atoms with Crippen LogP contribution in [0.2, 0.25) is 0 Å². The minimum atomic E-state index is -1.28. The Bertz CT molecular complexity index is 1690. The molecule has 0 aliphatic heterocycles. The topological polar surface area (TPSA) is 164 Å². The number of hydrogen-bond acceptors (Lipinski definition) is 7. The molecule has 11 heteroatoms. The molecule has 0 saturated heterocycles. The van der Waals surface area contributed by atoms with E-state index in [9.17, 15) is 24.3 Å². The molecule has 1 aliphatic carbocycles. The van der Waals surface area contributed by atoms with Crippen molar-refractivity contribution in [2.24, 2.45) is 11.7 Å². The van der Waals surface area contributed by atoms with Crippen LogP contribution < -0.4 is 21.7 Å². The van der Waals surface area contributed by atoms with Gasteiger partial charge in [-0.2, -0.15) is 11.8 Å². The lowest BCUT2D eigenvalue weighted by atomic mass is 10.0. The monoisotopic (exact) mass is 653 g/mol. The summed E-state index contributed by atoms with van der Waals surface area (Å²) in [4.78, 5) is 56.2. The lowest BCUT2D eigenvalue weighted by Gasteiger charge is -2.28. The summed E-state index contributed by atoms with van der Waals surface area (Å²) >= 11 is 1.52. The number of benzene rings is 3. The van der Waals surface area contributed by atoms with Crippen LogP contribution in [0.25, 0.3) is 10.9 Å². The SMILES string of the molecule is NC(=O)C[C@H](NC(=O)c1ccc2ccccc2n1)C(=O)N[C@@H](Cc1ccccc1)[C@H](O)CS[C@@H]1CCC[C@H]1C(=O)Nc1ccccc1. The number of aromatic nitrogens is 1. The van der Waals surface area contributed by atoms with Crippen LogP contribution in [0.4, 0.5) is 5.69 Å². The van der Waals surface area contributed by atoms with Gasteiger partial charge in [-0.3, -0.25) is 19.2 Å². The molecule has 1 saturated carbocycles. The number of para-hydroxylation sites is 2. The van der Waals surface area contributed by atoms with Crippen molar-refractivity contribution in [2.75, 3.05) is 11.1 Å². The molecule has 4 amide bonds. The standard InChI is InChI=1S/C36H39N5O5S/c37-33(43)21-30(41-35(45)28-19-18-24-12-7-8-16-27(24)39-28)36(46)40-29(20-23-10-3-1-4-11-23)31(42)22-47-32-17-9-15-26(32)34(44)38-25-13-5-2-6-14-25/h1-8,10-14,16,18-19,26,29-32,42H,9,15,17,20-22H2,(H2,37,43)(H,38,44)(H,40,46)(H,41,45)/t26-,29+,30+,31-,32-/m1/s1. The molecule has 0 spiro atoms. The number of aliphatic hydroxyl groups is 1. The second-order valence-corrected chi connectivity index (χ2v) is 13.0. The van der Waals surface area contributed by atoms with E-state index >= 15 is 0 Å². The number of amides is 4. The van der Waals surface area contributed by atoms with Gasteiger partial charge in [0.05, 0.1) is 30.0 Å². The quantitative estimate of drug-likeness (QED) is 0.138. The summed E-state index contributed by atoms with van der Waals surface area (Å²) in [5.41, 5.74) is 7.80. The summed E-state index contributed by atoms with van der Waals surface area (Å²) in [6.07, 6.45) is 1.39. The third-order valence-corrected chi connectivity index (χ3v) is 9.79. The molecule has 4 aromatic rings. The number of hydrogen-bond donors (Lipinski definition) is 5. The van der Waals surface area contributed by atoms with Crippen molar-refractivity contribution < 1.29 is 24.3 Å². The predicted octanol–water partition coefficient (Wildman–Crippen LogP) is 3.84. The van der Waals surface area contributed by atoms with Crippen LogP contribution >= 0.6 is 11.8 Å². The second-order valence-electron chi connectivity index (χ2n) is 11.7. The number of nitrogens with two attached hydrogens (primary N) is 1. The fourth-order valence-electron chi connectivity index (χ4n) is 5.79. The summed E-state index contributed by atoms with van der Waals surface area (Å²) < 4.78 is 0. The van der Waals surface area contributed by atoms with E-state index in [0.29, 0.717) is 11.9 Å². The minimum absolute atomic E-state index is 0.0118. The van der Waals surface area contributed by atoms with Crippen LogP contribution in [0.1, 0.15) is 41.7 Å². The van der Waals surface area contributed by atoms with Gasteiger partial charge in [-0.05, 0) is 49.1 Å². The van der Waals surface area contributed by atoms with Crippen molar-refractivity contribution in [3.8, 4) is 0 Å². The van der Waals surface area contributed by atoms with Crippen LogP contribution in [-0.4, -0.2) is 62.9 Å². The van der Waals surface area contributed by atoms with E-state index < -0.39 is 42.3 Å². The van der Waals surface area contributed by atoms with E-state index in [2.05, 4.69) is 20.9 Å². The Morgan fingerprint density at radius 2 is 1.57 bits per heavy atom. The zero-order chi connectivity index (χ0) is 33.2. The average molecular weight is 654 g/mol. The number of nitrogens with zero attached hydrogens (tertiary/aromatic N) is 1. The molecular formula is C36H39N5O5S. The molecule has 1 heterocycles. The zero-order valence-corrected chi connectivity index (χ0v) is 26.7. The second kappa shape index (κ2) is 16.2. The van der Waals surface area contributed by atoms with Gasteiger partial charge >= 0.3 is 0 Å². The van der Waals surface area contributed by atoms with E-state index in [-0.39, 0.29) is 28.5 Å². The third-order valence-electron chi connectivity index (χ3n) is 8.26. The lowest BCUT2D eigenvalue weighted by Crippen LogP contribution is -2.54. The van der Waals surface area contributed by atoms with Gasteiger partial charge in [0.2, 0.25) is 17.7 Å². The molecule has 1 fully saturated rings. The van der Waals surface area contributed by atoms with E-state index in [0.717, 1.165) is 35.9 Å². The molecule has 10 nitrogen and oxygen atoms in total. The normalized spacial score (nSPS) is 17.7. The van der Waals surface area contributed by atoms with Gasteiger partial charge in [0.1, 0.15) is 11.7 Å². The first-order chi connectivity index (χ1) is 22.8. The Morgan fingerprint density at radius 1 is 0.872 bits per heavy atom. The van der Waals surface area contributed by atoms with Crippen LogP contribution in [0.3, 0.4) is 0 Å². The van der Waals surface area contributed by atoms with Crippen molar-refractivity contribution in [1.82, 2.24) is 15.6 Å². The summed E-state index contributed by atoms with van der Waals surface area (Å²) in [6.45, 7) is 0. The van der Waals surface area contributed by atoms with Crippen molar-refractivity contribution >= 4 is 52.0 Å². The van der Waals surface area contributed by atoms with Gasteiger partial charge in [0, 0.05) is 22.1 Å². The molecule has 1 aromatic heterocycles. The molecule has 0 radical (unpaired) electrons. The number of primary amides is 1. The Morgan fingerprint density at radius 3 is 2.32 bits per heavy atom. The van der Waals surface area contributed by atoms with E-state index in [1.165, 1.54) is 11.8 Å². The molecule has 6 N–H and O–H groups in total. The van der Waals surface area contributed by atoms with Crippen LogP contribution in [0.5, 0.6) is 0 Å². The molecule has 5 rings (SSSR count). The molecule has 3 aromatic carbocycles. The van der Waals surface area contributed by atoms with Crippen LogP contribution in [0, 0.1) is 5.92 Å². The number of anilines is 1. The van der Waals surface area contributed by atoms with Gasteiger partial charge in [-0.1, -0.05) is 79.2 Å². The number of fused-ring (bicyclic) bond motifs is 1. The Labute approximate surface area is 277 Å². The van der Waals surface area contributed by atoms with Crippen LogP contribution in [0.15, 0.2) is 97.1 Å². The highest BCUT2D eigenvalue weighted by Crippen LogP contribution is 2.36. The molecule has 5 atom stereocenters. The Hall–Kier alpha value is -4.74. The summed E-state index contributed by atoms with van der Waals surface area (Å²) in [5.74, 6) is -2.02. The molecule has 244 valence electrons. The van der Waals surface area contributed by atoms with Crippen LogP contribution in [-0.2, 0) is 20.8 Å². The summed E-state index contributed by atoms with van der Waals surface area (Å²) in [6, 6.07) is 27.3. The van der Waals surface area contributed by atoms with E-state index in [4.69, 9.17) is 5.73 Å². The third kappa shape index (κ3) is 9.40. The minimum Gasteiger partial charge on any atom is -0.390 e. The number of carbonyl (C=O) groups excluding carboxylic acids is 4. The summed E-state index contributed by atoms with van der Waals surface area (Å²) in [5, 5.41) is 20.8. The molecular weight excluding hydrogens is 614 g/mol. The number of pyridine rings is 1. The van der Waals surface area contributed by atoms with Gasteiger partial charge in [-0.15, -0.1) is 0 Å². The fraction of sp³-hybridized carbons (Fsp3) is 0.306. The lowest BCUT2D eigenvalue weighted by molar-refractivity contribution is -0.128. The van der Waals surface area contributed by atoms with Gasteiger partial charge in [0.15, 0.2) is 0 Å². The highest BCUT2D eigenvalue weighted by molar-refractivity contribution is 8.00. The molecule has 0 bridgehead atoms. The molecule has 0 unspecified atom stereocenters. The number of carbonyl (C=O) groups is 4. The van der Waals surface area contributed by atoms with Crippen molar-refractivity contribution in [2.45, 2.75) is 55.5 Å². The smallest absolute Gasteiger partial charge is 0.270 e. The molecule has 1 aliphatic rings. The Kier molecular flexibility index (Phi) is 11.6. The molecule has 47 heavy (non-hydrogen) atoms. The first-order valence-electron chi connectivity index (χ1n) is 15.7. The highest BCUT2D eigenvalue weighted by Gasteiger charge is 2.35. The number of rotatable bonds is 14. The van der Waals surface area contributed by atoms with Gasteiger partial charge in [-0.25, -0.2) is 4.98 Å². The number of thioether (sulfide) groups is 1. The van der Waals surface area contributed by atoms with E-state index in [1.54, 1.807) is 18.2 Å². The van der Waals surface area contributed by atoms with Gasteiger partial charge < -0.3 is 26.8 Å². The number of aliphatic hydroxyl groups excluding tert-OH is 1. The predicted molar refractivity (Wildman–Crippen MR) is 184 cm³/mol. The zero-order valence-electron chi connectivity index (χ0n) is 25.9. The number of nitrogens with one attached hydrogen (secondary N) is 3. The Balaban J connectivity index is 1.26. The van der Waals surface area contributed by atoms with Crippen molar-refractivity contribution in [3.05, 3.63) is 108 Å². The van der Waals surface area contributed by atoms with E-state index in [1.807, 2.05) is 78.9 Å². The average Bonchev–Trinajstić information content (AvgIpc) is 3.56. The fourth-order valence-corrected chi connectivity index (χ4v) is 7.29. The summed E-state index contributed by atoms with van der Waals surface area (Å²) in [7, 11) is 0.